The molecule has 34 heavy (non-hydrogen) atoms. The van der Waals surface area contributed by atoms with E-state index in [1.54, 1.807) is 6.08 Å². The van der Waals surface area contributed by atoms with Gasteiger partial charge in [-0.05, 0) is 22.3 Å². The van der Waals surface area contributed by atoms with Crippen LogP contribution in [0.4, 0.5) is 0 Å². The van der Waals surface area contributed by atoms with Crippen LogP contribution < -0.4 is 0 Å². The van der Waals surface area contributed by atoms with Gasteiger partial charge in [0.25, 0.3) is 0 Å². The van der Waals surface area contributed by atoms with Gasteiger partial charge in [0.2, 0.25) is 0 Å². The first-order valence-corrected chi connectivity index (χ1v) is 11.6. The molecule has 0 saturated carbocycles. The molecule has 0 aliphatic carbocycles. The maximum absolute atomic E-state index is 6.42. The Labute approximate surface area is 202 Å². The molecule has 0 bridgehead atoms. The first kappa shape index (κ1) is 24.1. The molecule has 1 fully saturated rings. The van der Waals surface area contributed by atoms with Gasteiger partial charge in [-0.15, -0.1) is 6.58 Å². The fraction of sp³-hybridized carbons (Fsp3) is 0.267. The van der Waals surface area contributed by atoms with Crippen molar-refractivity contribution in [2.45, 2.75) is 44.2 Å². The zero-order valence-corrected chi connectivity index (χ0v) is 19.4. The summed E-state index contributed by atoms with van der Waals surface area (Å²) in [5, 5.41) is 0. The summed E-state index contributed by atoms with van der Waals surface area (Å²) in [6.45, 7) is 10.0. The fourth-order valence-electron chi connectivity index (χ4n) is 4.05. The number of rotatable bonds is 11. The Morgan fingerprint density at radius 3 is 1.74 bits per heavy atom. The van der Waals surface area contributed by atoms with Crippen molar-refractivity contribution in [3.05, 3.63) is 132 Å². The molecule has 176 valence electrons. The van der Waals surface area contributed by atoms with Crippen molar-refractivity contribution >= 4 is 0 Å². The molecule has 0 aromatic heterocycles. The summed E-state index contributed by atoms with van der Waals surface area (Å²) in [4.78, 5) is 0. The Hall–Kier alpha value is -3.02. The summed E-state index contributed by atoms with van der Waals surface area (Å²) in [7, 11) is 0. The molecule has 0 spiro atoms. The highest BCUT2D eigenvalue weighted by Gasteiger charge is 2.42. The maximum atomic E-state index is 6.42. The maximum Gasteiger partial charge on any atom is 0.116 e. The van der Waals surface area contributed by atoms with Crippen LogP contribution in [-0.4, -0.2) is 31.0 Å². The molecule has 4 nitrogen and oxygen atoms in total. The van der Waals surface area contributed by atoms with Gasteiger partial charge in [0.05, 0.1) is 32.5 Å². The number of ether oxygens (including phenoxy) is 4. The summed E-state index contributed by atoms with van der Waals surface area (Å²) in [6, 6.07) is 30.3. The van der Waals surface area contributed by atoms with Crippen LogP contribution in [0.15, 0.2) is 116 Å². The Kier molecular flexibility index (Phi) is 8.83. The van der Waals surface area contributed by atoms with Gasteiger partial charge < -0.3 is 18.9 Å². The van der Waals surface area contributed by atoms with E-state index in [1.807, 2.05) is 91.0 Å². The summed E-state index contributed by atoms with van der Waals surface area (Å²) in [5.74, 6) is 0. The molecule has 1 saturated heterocycles. The zero-order valence-electron chi connectivity index (χ0n) is 19.4. The topological polar surface area (TPSA) is 36.9 Å². The van der Waals surface area contributed by atoms with Gasteiger partial charge in [-0.25, -0.2) is 0 Å². The highest BCUT2D eigenvalue weighted by atomic mass is 16.6. The number of hydrogen-bond acceptors (Lipinski definition) is 4. The van der Waals surface area contributed by atoms with Crippen LogP contribution in [0.25, 0.3) is 0 Å². The molecule has 4 heteroatoms. The van der Waals surface area contributed by atoms with E-state index in [0.717, 1.165) is 22.3 Å². The lowest BCUT2D eigenvalue weighted by Gasteiger charge is -2.42. The van der Waals surface area contributed by atoms with E-state index >= 15 is 0 Å². The van der Waals surface area contributed by atoms with E-state index < -0.39 is 0 Å². The highest BCUT2D eigenvalue weighted by Crippen LogP contribution is 2.31. The van der Waals surface area contributed by atoms with E-state index in [0.29, 0.717) is 26.4 Å². The van der Waals surface area contributed by atoms with E-state index in [2.05, 4.69) is 13.2 Å². The molecule has 0 unspecified atom stereocenters. The highest BCUT2D eigenvalue weighted by molar-refractivity contribution is 5.22. The molecule has 0 radical (unpaired) electrons. The Balaban J connectivity index is 1.50. The second-order valence-electron chi connectivity index (χ2n) is 8.38. The SMILES string of the molecule is C=C[C@@H]1O[C@H](COCc2ccccc2)[C@@H](OCc2ccccc2)[C@H](OCc2ccccc2)C1=C. The van der Waals surface area contributed by atoms with Gasteiger partial charge in [0.1, 0.15) is 18.3 Å². The number of benzene rings is 3. The second-order valence-corrected chi connectivity index (χ2v) is 8.38. The minimum Gasteiger partial charge on any atom is -0.374 e. The van der Waals surface area contributed by atoms with E-state index in [9.17, 15) is 0 Å². The van der Waals surface area contributed by atoms with Crippen molar-refractivity contribution in [1.82, 2.24) is 0 Å². The van der Waals surface area contributed by atoms with E-state index in [1.165, 1.54) is 0 Å². The van der Waals surface area contributed by atoms with E-state index in [-0.39, 0.29) is 24.4 Å². The van der Waals surface area contributed by atoms with Crippen molar-refractivity contribution in [1.29, 1.82) is 0 Å². The van der Waals surface area contributed by atoms with Crippen LogP contribution in [-0.2, 0) is 38.8 Å². The number of hydrogen-bond donors (Lipinski definition) is 0. The molecule has 1 heterocycles. The molecule has 1 aliphatic rings. The Morgan fingerprint density at radius 1 is 0.706 bits per heavy atom. The quantitative estimate of drug-likeness (QED) is 0.338. The standard InChI is InChI=1S/C30H32O4/c1-3-27-23(2)29(32-20-25-15-9-5-10-16-25)30(33-21-26-17-11-6-12-18-26)28(34-27)22-31-19-24-13-7-4-8-14-24/h3-18,27-30H,1-2,19-22H2/t27-,28+,29+,30+/m0/s1. The molecule has 0 amide bonds. The molecular formula is C30H32O4. The van der Waals surface area contributed by atoms with E-state index in [4.69, 9.17) is 18.9 Å². The van der Waals surface area contributed by atoms with Crippen molar-refractivity contribution in [2.24, 2.45) is 0 Å². The van der Waals surface area contributed by atoms with Gasteiger partial charge in [-0.1, -0.05) is 104 Å². The van der Waals surface area contributed by atoms with Crippen LogP contribution in [0.3, 0.4) is 0 Å². The van der Waals surface area contributed by atoms with Crippen LogP contribution >= 0.6 is 0 Å². The molecule has 3 aromatic carbocycles. The van der Waals surface area contributed by atoms with Crippen molar-refractivity contribution < 1.29 is 18.9 Å². The molecular weight excluding hydrogens is 424 g/mol. The Bertz CT molecular complexity index is 1020. The third kappa shape index (κ3) is 6.52. The third-order valence-corrected chi connectivity index (χ3v) is 5.88. The van der Waals surface area contributed by atoms with Gasteiger partial charge in [0, 0.05) is 0 Å². The van der Waals surface area contributed by atoms with Gasteiger partial charge in [0.15, 0.2) is 0 Å². The van der Waals surface area contributed by atoms with Crippen LogP contribution in [0.2, 0.25) is 0 Å². The first-order valence-electron chi connectivity index (χ1n) is 11.6. The molecule has 1 aliphatic heterocycles. The summed E-state index contributed by atoms with van der Waals surface area (Å²) in [6.07, 6.45) is 0.373. The normalized spacial score (nSPS) is 22.4. The van der Waals surface area contributed by atoms with Crippen LogP contribution in [0.1, 0.15) is 16.7 Å². The molecule has 4 rings (SSSR count). The van der Waals surface area contributed by atoms with Gasteiger partial charge >= 0.3 is 0 Å². The smallest absolute Gasteiger partial charge is 0.116 e. The molecule has 3 aromatic rings. The van der Waals surface area contributed by atoms with Gasteiger partial charge in [-0.2, -0.15) is 0 Å². The predicted molar refractivity (Wildman–Crippen MR) is 134 cm³/mol. The average Bonchev–Trinajstić information content (AvgIpc) is 2.89. The summed E-state index contributed by atoms with van der Waals surface area (Å²) < 4.78 is 25.2. The minimum atomic E-state index is -0.372. The fourth-order valence-corrected chi connectivity index (χ4v) is 4.05. The summed E-state index contributed by atoms with van der Waals surface area (Å²) >= 11 is 0. The van der Waals surface area contributed by atoms with Crippen LogP contribution in [0, 0.1) is 0 Å². The predicted octanol–water partition coefficient (Wildman–Crippen LogP) is 5.88. The first-order chi connectivity index (χ1) is 16.7. The molecule has 4 atom stereocenters. The summed E-state index contributed by atoms with van der Waals surface area (Å²) in [5.41, 5.74) is 4.10. The lowest BCUT2D eigenvalue weighted by atomic mass is 9.93. The second kappa shape index (κ2) is 12.4. The van der Waals surface area contributed by atoms with Crippen molar-refractivity contribution in [3.8, 4) is 0 Å². The Morgan fingerprint density at radius 2 is 1.21 bits per heavy atom. The van der Waals surface area contributed by atoms with Crippen molar-refractivity contribution in [3.63, 3.8) is 0 Å². The lowest BCUT2D eigenvalue weighted by Crippen LogP contribution is -2.53. The van der Waals surface area contributed by atoms with Crippen LogP contribution in [0.5, 0.6) is 0 Å². The molecule has 0 N–H and O–H groups in total. The zero-order chi connectivity index (χ0) is 23.6. The monoisotopic (exact) mass is 456 g/mol. The third-order valence-electron chi connectivity index (χ3n) is 5.88. The average molecular weight is 457 g/mol. The van der Waals surface area contributed by atoms with Crippen molar-refractivity contribution in [2.75, 3.05) is 6.61 Å². The minimum absolute atomic E-state index is 0.331. The largest absolute Gasteiger partial charge is 0.374 e. The lowest BCUT2D eigenvalue weighted by molar-refractivity contribution is -0.187. The van der Waals surface area contributed by atoms with Gasteiger partial charge in [-0.3, -0.25) is 0 Å².